The van der Waals surface area contributed by atoms with Gasteiger partial charge in [-0.1, -0.05) is 19.4 Å². The van der Waals surface area contributed by atoms with Crippen molar-refractivity contribution in [3.05, 3.63) is 53.6 Å². The Morgan fingerprint density at radius 3 is 2.30 bits per heavy atom. The largest absolute Gasteiger partial charge is 0.478 e. The first-order chi connectivity index (χ1) is 12.7. The molecule has 8 heteroatoms. The molecule has 0 aliphatic heterocycles. The number of unbranched alkanes of at least 4 members (excludes halogenated alkanes) is 1. The highest BCUT2D eigenvalue weighted by Crippen LogP contribution is 2.24. The van der Waals surface area contributed by atoms with Gasteiger partial charge in [0.2, 0.25) is 5.91 Å². The third-order valence-corrected chi connectivity index (χ3v) is 5.27. The van der Waals surface area contributed by atoms with Gasteiger partial charge < -0.3 is 10.4 Å². The van der Waals surface area contributed by atoms with Crippen LogP contribution in [0.25, 0.3) is 0 Å². The molecule has 0 radical (unpaired) electrons. The van der Waals surface area contributed by atoms with Gasteiger partial charge in [-0.05, 0) is 54.8 Å². The van der Waals surface area contributed by atoms with E-state index < -0.39 is 16.0 Å². The van der Waals surface area contributed by atoms with Crippen molar-refractivity contribution in [2.75, 3.05) is 10.0 Å². The van der Waals surface area contributed by atoms with E-state index in [4.69, 9.17) is 0 Å². The van der Waals surface area contributed by atoms with Gasteiger partial charge in [-0.15, -0.1) is 0 Å². The lowest BCUT2D eigenvalue weighted by molar-refractivity contribution is -0.114. The molecule has 2 rings (SSSR count). The number of nitrogens with one attached hydrogen (secondary N) is 2. The Kier molecular flexibility index (Phi) is 6.57. The molecule has 144 valence electrons. The third kappa shape index (κ3) is 5.55. The van der Waals surface area contributed by atoms with Crippen LogP contribution in [0.4, 0.5) is 11.4 Å². The summed E-state index contributed by atoms with van der Waals surface area (Å²) in [5.74, 6) is -1.38. The predicted molar refractivity (Wildman–Crippen MR) is 104 cm³/mol. The zero-order chi connectivity index (χ0) is 20.0. The summed E-state index contributed by atoms with van der Waals surface area (Å²) in [7, 11) is -3.90. The number of carbonyl (C=O) groups is 2. The molecule has 0 unspecified atom stereocenters. The Morgan fingerprint density at radius 1 is 1.07 bits per heavy atom. The number of anilines is 2. The van der Waals surface area contributed by atoms with Gasteiger partial charge in [0, 0.05) is 12.6 Å². The molecule has 0 aliphatic carbocycles. The second-order valence-corrected chi connectivity index (χ2v) is 7.77. The van der Waals surface area contributed by atoms with Gasteiger partial charge in [0.15, 0.2) is 0 Å². The molecule has 2 aromatic carbocycles. The Labute approximate surface area is 158 Å². The van der Waals surface area contributed by atoms with E-state index in [1.165, 1.54) is 43.3 Å². The summed E-state index contributed by atoms with van der Waals surface area (Å²) in [5, 5.41) is 11.7. The van der Waals surface area contributed by atoms with E-state index in [2.05, 4.69) is 10.0 Å². The summed E-state index contributed by atoms with van der Waals surface area (Å²) in [6.07, 6.45) is 2.42. The lowest BCUT2D eigenvalue weighted by Crippen LogP contribution is -2.15. The van der Waals surface area contributed by atoms with Crippen molar-refractivity contribution in [1.82, 2.24) is 0 Å². The highest BCUT2D eigenvalue weighted by atomic mass is 32.2. The van der Waals surface area contributed by atoms with Gasteiger partial charge >= 0.3 is 5.97 Å². The number of rotatable bonds is 8. The summed E-state index contributed by atoms with van der Waals surface area (Å²) in [6, 6.07) is 10.2. The van der Waals surface area contributed by atoms with Crippen molar-refractivity contribution in [2.45, 2.75) is 38.0 Å². The summed E-state index contributed by atoms with van der Waals surface area (Å²) in [6.45, 7) is 3.38. The van der Waals surface area contributed by atoms with Crippen molar-refractivity contribution >= 4 is 33.3 Å². The second-order valence-electron chi connectivity index (χ2n) is 6.09. The van der Waals surface area contributed by atoms with E-state index in [9.17, 15) is 23.1 Å². The van der Waals surface area contributed by atoms with Gasteiger partial charge in [0.1, 0.15) is 0 Å². The van der Waals surface area contributed by atoms with Crippen LogP contribution in [0.2, 0.25) is 0 Å². The molecule has 0 atom stereocenters. The maximum absolute atomic E-state index is 12.7. The zero-order valence-corrected chi connectivity index (χ0v) is 16.0. The quantitative estimate of drug-likeness (QED) is 0.639. The average Bonchev–Trinajstić information content (AvgIpc) is 2.60. The lowest BCUT2D eigenvalue weighted by Gasteiger charge is -2.14. The average molecular weight is 390 g/mol. The topological polar surface area (TPSA) is 113 Å². The van der Waals surface area contributed by atoms with E-state index >= 15 is 0 Å². The number of carboxylic acids is 1. The highest BCUT2D eigenvalue weighted by Gasteiger charge is 2.17. The smallest absolute Gasteiger partial charge is 0.335 e. The molecule has 0 heterocycles. The number of carbonyl (C=O) groups excluding carboxylic acids is 1. The molecule has 0 saturated heterocycles. The SMILES string of the molecule is CCCCc1ccc(C(=O)O)cc1NS(=O)(=O)c1ccc(NC(C)=O)cc1. The number of amides is 1. The van der Waals surface area contributed by atoms with Crippen molar-refractivity contribution < 1.29 is 23.1 Å². The molecule has 7 nitrogen and oxygen atoms in total. The summed E-state index contributed by atoms with van der Waals surface area (Å²) in [5.41, 5.74) is 1.49. The number of hydrogen-bond donors (Lipinski definition) is 3. The monoisotopic (exact) mass is 390 g/mol. The Hall–Kier alpha value is -2.87. The maximum Gasteiger partial charge on any atom is 0.335 e. The molecule has 0 bridgehead atoms. The van der Waals surface area contributed by atoms with Gasteiger partial charge in [-0.3, -0.25) is 9.52 Å². The van der Waals surface area contributed by atoms with Crippen LogP contribution in [0, 0.1) is 0 Å². The van der Waals surface area contributed by atoms with Crippen molar-refractivity contribution in [3.8, 4) is 0 Å². The molecule has 0 saturated carbocycles. The minimum atomic E-state index is -3.90. The van der Waals surface area contributed by atoms with Crippen LogP contribution in [0.3, 0.4) is 0 Å². The Morgan fingerprint density at radius 2 is 1.74 bits per heavy atom. The van der Waals surface area contributed by atoms with E-state index in [0.717, 1.165) is 18.4 Å². The molecular weight excluding hydrogens is 368 g/mol. The minimum Gasteiger partial charge on any atom is -0.478 e. The van der Waals surface area contributed by atoms with Crippen LogP contribution in [-0.2, 0) is 21.2 Å². The van der Waals surface area contributed by atoms with Crippen LogP contribution in [0.15, 0.2) is 47.4 Å². The maximum atomic E-state index is 12.7. The van der Waals surface area contributed by atoms with Crippen molar-refractivity contribution in [1.29, 1.82) is 0 Å². The number of aromatic carboxylic acids is 1. The molecule has 0 fully saturated rings. The zero-order valence-electron chi connectivity index (χ0n) is 15.2. The standard InChI is InChI=1S/C19H22N2O5S/c1-3-4-5-14-6-7-15(19(23)24)12-18(14)21-27(25,26)17-10-8-16(9-11-17)20-13(2)22/h6-12,21H,3-5H2,1-2H3,(H,20,22)(H,23,24). The van der Waals surface area contributed by atoms with Crippen LogP contribution < -0.4 is 10.0 Å². The predicted octanol–water partition coefficient (Wildman–Crippen LogP) is 3.49. The first kappa shape index (κ1) is 20.4. The molecule has 0 spiro atoms. The number of benzene rings is 2. The van der Waals surface area contributed by atoms with E-state index in [1.807, 2.05) is 6.92 Å². The number of sulfonamides is 1. The fourth-order valence-corrected chi connectivity index (χ4v) is 3.61. The number of carboxylic acid groups (broad SMARTS) is 1. The molecule has 2 aromatic rings. The van der Waals surface area contributed by atoms with Crippen LogP contribution in [0.5, 0.6) is 0 Å². The van der Waals surface area contributed by atoms with E-state index in [1.54, 1.807) is 6.07 Å². The molecular formula is C19H22N2O5S. The van der Waals surface area contributed by atoms with E-state index in [-0.39, 0.29) is 22.1 Å². The fraction of sp³-hybridized carbons (Fsp3) is 0.263. The third-order valence-electron chi connectivity index (χ3n) is 3.89. The van der Waals surface area contributed by atoms with Crippen molar-refractivity contribution in [3.63, 3.8) is 0 Å². The van der Waals surface area contributed by atoms with Gasteiger partial charge in [0.25, 0.3) is 10.0 Å². The highest BCUT2D eigenvalue weighted by molar-refractivity contribution is 7.92. The molecule has 0 aromatic heterocycles. The first-order valence-corrected chi connectivity index (χ1v) is 9.98. The van der Waals surface area contributed by atoms with Crippen LogP contribution in [0.1, 0.15) is 42.6 Å². The molecule has 3 N–H and O–H groups in total. The van der Waals surface area contributed by atoms with Gasteiger partial charge in [0.05, 0.1) is 16.1 Å². The molecule has 0 aliphatic rings. The van der Waals surface area contributed by atoms with E-state index in [0.29, 0.717) is 12.1 Å². The van der Waals surface area contributed by atoms with Gasteiger partial charge in [-0.2, -0.15) is 0 Å². The van der Waals surface area contributed by atoms with Crippen LogP contribution >= 0.6 is 0 Å². The Bertz CT molecular complexity index is 937. The second kappa shape index (κ2) is 8.68. The molecule has 27 heavy (non-hydrogen) atoms. The lowest BCUT2D eigenvalue weighted by atomic mass is 10.0. The van der Waals surface area contributed by atoms with Gasteiger partial charge in [-0.25, -0.2) is 13.2 Å². The number of aryl methyl sites for hydroxylation is 1. The molecule has 1 amide bonds. The Balaban J connectivity index is 2.33. The first-order valence-electron chi connectivity index (χ1n) is 8.49. The number of hydrogen-bond acceptors (Lipinski definition) is 4. The minimum absolute atomic E-state index is 0.00829. The summed E-state index contributed by atoms with van der Waals surface area (Å²) >= 11 is 0. The fourth-order valence-electron chi connectivity index (χ4n) is 2.51. The summed E-state index contributed by atoms with van der Waals surface area (Å²) < 4.78 is 27.9. The normalized spacial score (nSPS) is 11.0. The summed E-state index contributed by atoms with van der Waals surface area (Å²) in [4.78, 5) is 22.3. The van der Waals surface area contributed by atoms with Crippen molar-refractivity contribution in [2.24, 2.45) is 0 Å². The van der Waals surface area contributed by atoms with Crippen LogP contribution in [-0.4, -0.2) is 25.4 Å².